The van der Waals surface area contributed by atoms with Gasteiger partial charge in [0.2, 0.25) is 5.91 Å². The number of ether oxygens (including phenoxy) is 1. The van der Waals surface area contributed by atoms with Gasteiger partial charge in [-0.25, -0.2) is 0 Å². The summed E-state index contributed by atoms with van der Waals surface area (Å²) in [5, 5.41) is 6.04. The third-order valence-electron chi connectivity index (χ3n) is 4.89. The van der Waals surface area contributed by atoms with Crippen molar-refractivity contribution in [3.63, 3.8) is 0 Å². The Balaban J connectivity index is 1.80. The first-order chi connectivity index (χ1) is 11.9. The first-order valence-corrected chi connectivity index (χ1v) is 9.41. The average Bonchev–Trinajstić information content (AvgIpc) is 3.15. The van der Waals surface area contributed by atoms with Crippen molar-refractivity contribution in [3.8, 4) is 0 Å². The molecule has 2 N–H and O–H groups in total. The van der Waals surface area contributed by atoms with Gasteiger partial charge in [-0.3, -0.25) is 10.1 Å². The second-order valence-electron chi connectivity index (χ2n) is 6.46. The number of hydrogen-bond donors (Lipinski definition) is 2. The van der Waals surface area contributed by atoms with Crippen LogP contribution >= 0.6 is 11.8 Å². The molecular formula is C17H21F3N2O2S. The molecule has 0 radical (unpaired) electrons. The van der Waals surface area contributed by atoms with E-state index in [1.54, 1.807) is 17.8 Å². The number of carbonyl (C=O) groups is 1. The summed E-state index contributed by atoms with van der Waals surface area (Å²) in [5.41, 5.74) is -0.572. The summed E-state index contributed by atoms with van der Waals surface area (Å²) >= 11 is 1.66. The van der Waals surface area contributed by atoms with Gasteiger partial charge in [0.1, 0.15) is 0 Å². The molecule has 1 atom stereocenters. The molecule has 0 aromatic heterocycles. The summed E-state index contributed by atoms with van der Waals surface area (Å²) in [6, 6.07) is 5.21. The lowest BCUT2D eigenvalue weighted by Gasteiger charge is -2.38. The first kappa shape index (κ1) is 18.5. The number of thioether (sulfide) groups is 1. The Morgan fingerprint density at radius 1 is 1.36 bits per heavy atom. The smallest absolute Gasteiger partial charge is 0.381 e. The zero-order valence-corrected chi connectivity index (χ0v) is 14.5. The van der Waals surface area contributed by atoms with E-state index in [1.165, 1.54) is 12.1 Å². The van der Waals surface area contributed by atoms with E-state index in [4.69, 9.17) is 4.74 Å². The Bertz CT molecular complexity index is 612. The molecule has 0 aliphatic carbocycles. The van der Waals surface area contributed by atoms with Gasteiger partial charge >= 0.3 is 6.18 Å². The quantitative estimate of drug-likeness (QED) is 0.851. The Hall–Kier alpha value is -1.25. The summed E-state index contributed by atoms with van der Waals surface area (Å²) in [6.45, 7) is 1.27. The molecule has 3 rings (SSSR count). The summed E-state index contributed by atoms with van der Waals surface area (Å²) < 4.78 is 44.6. The first-order valence-electron chi connectivity index (χ1n) is 8.25. The number of hydrogen-bond acceptors (Lipinski definition) is 4. The van der Waals surface area contributed by atoms with E-state index in [0.717, 1.165) is 11.9 Å². The van der Waals surface area contributed by atoms with Gasteiger partial charge in [-0.2, -0.15) is 13.2 Å². The van der Waals surface area contributed by atoms with Crippen molar-refractivity contribution in [2.75, 3.05) is 31.4 Å². The van der Waals surface area contributed by atoms with Crippen molar-refractivity contribution >= 4 is 17.7 Å². The molecule has 1 aromatic carbocycles. The summed E-state index contributed by atoms with van der Waals surface area (Å²) in [4.78, 5) is 12.3. The molecule has 4 nitrogen and oxygen atoms in total. The third-order valence-corrected chi connectivity index (χ3v) is 5.83. The maximum absolute atomic E-state index is 13.1. The standard InChI is InChI=1S/C17H21F3N2O2S/c18-17(19,20)13-3-1-2-12(8-13)16(4-6-24-7-5-16)10-21-15(23)14-9-25-11-22-14/h1-3,8,14,22H,4-7,9-11H2,(H,21,23). The highest BCUT2D eigenvalue weighted by molar-refractivity contribution is 7.99. The van der Waals surface area contributed by atoms with Gasteiger partial charge in [0.25, 0.3) is 0 Å². The molecule has 2 aliphatic rings. The van der Waals surface area contributed by atoms with Crippen LogP contribution in [-0.2, 0) is 21.1 Å². The fraction of sp³-hybridized carbons (Fsp3) is 0.588. The van der Waals surface area contributed by atoms with Gasteiger partial charge in [-0.1, -0.05) is 18.2 Å². The van der Waals surface area contributed by atoms with Crippen LogP contribution in [0.5, 0.6) is 0 Å². The van der Waals surface area contributed by atoms with E-state index in [1.807, 2.05) is 0 Å². The summed E-state index contributed by atoms with van der Waals surface area (Å²) in [6.07, 6.45) is -3.21. The Labute approximate surface area is 148 Å². The van der Waals surface area contributed by atoms with Crippen LogP contribution in [0.1, 0.15) is 24.0 Å². The van der Waals surface area contributed by atoms with Crippen LogP contribution in [0.15, 0.2) is 24.3 Å². The van der Waals surface area contributed by atoms with E-state index in [2.05, 4.69) is 10.6 Å². The molecule has 0 saturated carbocycles. The van der Waals surface area contributed by atoms with E-state index >= 15 is 0 Å². The van der Waals surface area contributed by atoms with Crippen molar-refractivity contribution < 1.29 is 22.7 Å². The molecule has 1 amide bonds. The van der Waals surface area contributed by atoms with Crippen LogP contribution in [0, 0.1) is 0 Å². The van der Waals surface area contributed by atoms with Crippen LogP contribution in [0.4, 0.5) is 13.2 Å². The lowest BCUT2D eigenvalue weighted by atomic mass is 9.73. The number of benzene rings is 1. The number of amides is 1. The van der Waals surface area contributed by atoms with E-state index in [-0.39, 0.29) is 11.9 Å². The molecule has 2 fully saturated rings. The van der Waals surface area contributed by atoms with Crippen LogP contribution in [-0.4, -0.2) is 43.3 Å². The Morgan fingerprint density at radius 2 is 2.12 bits per heavy atom. The normalized spacial score (nSPS) is 23.4. The number of halogens is 3. The highest BCUT2D eigenvalue weighted by atomic mass is 32.2. The van der Waals surface area contributed by atoms with E-state index < -0.39 is 17.2 Å². The van der Waals surface area contributed by atoms with Gasteiger partial charge in [-0.05, 0) is 24.5 Å². The molecule has 1 aromatic rings. The second kappa shape index (κ2) is 7.55. The molecule has 1 unspecified atom stereocenters. The zero-order valence-electron chi connectivity index (χ0n) is 13.7. The highest BCUT2D eigenvalue weighted by Gasteiger charge is 2.38. The summed E-state index contributed by atoms with van der Waals surface area (Å²) in [7, 11) is 0. The Morgan fingerprint density at radius 3 is 2.76 bits per heavy atom. The number of carbonyl (C=O) groups excluding carboxylic acids is 1. The number of nitrogens with one attached hydrogen (secondary N) is 2. The molecule has 2 saturated heterocycles. The lowest BCUT2D eigenvalue weighted by molar-refractivity contribution is -0.137. The zero-order chi connectivity index (χ0) is 17.9. The van der Waals surface area contributed by atoms with E-state index in [9.17, 15) is 18.0 Å². The van der Waals surface area contributed by atoms with Crippen molar-refractivity contribution in [2.45, 2.75) is 30.5 Å². The molecular weight excluding hydrogens is 353 g/mol. The summed E-state index contributed by atoms with van der Waals surface area (Å²) in [5.74, 6) is 1.36. The predicted octanol–water partition coefficient (Wildman–Crippen LogP) is 2.53. The number of alkyl halides is 3. The molecule has 25 heavy (non-hydrogen) atoms. The molecule has 138 valence electrons. The van der Waals surface area contributed by atoms with Crippen molar-refractivity contribution in [1.29, 1.82) is 0 Å². The fourth-order valence-corrected chi connectivity index (χ4v) is 4.24. The van der Waals surface area contributed by atoms with Crippen LogP contribution in [0.2, 0.25) is 0 Å². The van der Waals surface area contributed by atoms with E-state index in [0.29, 0.717) is 43.9 Å². The molecule has 0 spiro atoms. The van der Waals surface area contributed by atoms with Gasteiger partial charge in [0, 0.05) is 36.8 Å². The highest BCUT2D eigenvalue weighted by Crippen LogP contribution is 2.37. The molecule has 2 aliphatic heterocycles. The number of rotatable bonds is 4. The maximum atomic E-state index is 13.1. The lowest BCUT2D eigenvalue weighted by Crippen LogP contribution is -2.49. The fourth-order valence-electron chi connectivity index (χ4n) is 3.30. The maximum Gasteiger partial charge on any atom is 0.416 e. The topological polar surface area (TPSA) is 50.4 Å². The van der Waals surface area contributed by atoms with Crippen molar-refractivity contribution in [2.24, 2.45) is 0 Å². The van der Waals surface area contributed by atoms with Gasteiger partial charge < -0.3 is 10.1 Å². The molecule has 0 bridgehead atoms. The van der Waals surface area contributed by atoms with Crippen LogP contribution < -0.4 is 10.6 Å². The minimum atomic E-state index is -4.38. The third kappa shape index (κ3) is 4.30. The average molecular weight is 374 g/mol. The molecule has 2 heterocycles. The van der Waals surface area contributed by atoms with Gasteiger partial charge in [0.15, 0.2) is 0 Å². The Kier molecular flexibility index (Phi) is 5.60. The van der Waals surface area contributed by atoms with Gasteiger partial charge in [0.05, 0.1) is 11.6 Å². The van der Waals surface area contributed by atoms with Crippen LogP contribution in [0.3, 0.4) is 0 Å². The molecule has 8 heteroatoms. The monoisotopic (exact) mass is 374 g/mol. The minimum Gasteiger partial charge on any atom is -0.381 e. The van der Waals surface area contributed by atoms with Crippen molar-refractivity contribution in [1.82, 2.24) is 10.6 Å². The van der Waals surface area contributed by atoms with Crippen LogP contribution in [0.25, 0.3) is 0 Å². The second-order valence-corrected chi connectivity index (χ2v) is 7.49. The predicted molar refractivity (Wildman–Crippen MR) is 90.4 cm³/mol. The minimum absolute atomic E-state index is 0.0946. The van der Waals surface area contributed by atoms with Crippen molar-refractivity contribution in [3.05, 3.63) is 35.4 Å². The van der Waals surface area contributed by atoms with Gasteiger partial charge in [-0.15, -0.1) is 11.8 Å². The SMILES string of the molecule is O=C(NCC1(c2cccc(C(F)(F)F)c2)CCOCC1)C1CSCN1. The largest absolute Gasteiger partial charge is 0.416 e.